The van der Waals surface area contributed by atoms with Gasteiger partial charge in [-0.3, -0.25) is 9.59 Å². The van der Waals surface area contributed by atoms with E-state index >= 15 is 0 Å². The van der Waals surface area contributed by atoms with Gasteiger partial charge in [-0.2, -0.15) is 5.10 Å². The third-order valence-corrected chi connectivity index (χ3v) is 4.10. The van der Waals surface area contributed by atoms with Crippen molar-refractivity contribution in [2.24, 2.45) is 5.10 Å². The summed E-state index contributed by atoms with van der Waals surface area (Å²) in [7, 11) is 3.13. The van der Waals surface area contributed by atoms with Crippen LogP contribution in [-0.4, -0.2) is 32.2 Å². The summed E-state index contributed by atoms with van der Waals surface area (Å²) in [5.74, 6) is 0.705. The van der Waals surface area contributed by atoms with Crippen molar-refractivity contribution in [2.75, 3.05) is 19.5 Å². The van der Waals surface area contributed by atoms with E-state index in [0.717, 1.165) is 9.13 Å². The molecule has 0 spiro atoms. The number of nitrogens with one attached hydrogen (secondary N) is 2. The number of methoxy groups -OCH3 is 2. The number of amides is 2. The van der Waals surface area contributed by atoms with Crippen LogP contribution in [0.25, 0.3) is 0 Å². The van der Waals surface area contributed by atoms with Crippen molar-refractivity contribution < 1.29 is 19.1 Å². The van der Waals surface area contributed by atoms with Crippen LogP contribution in [-0.2, 0) is 4.79 Å². The van der Waals surface area contributed by atoms with Crippen LogP contribution < -0.4 is 20.2 Å². The summed E-state index contributed by atoms with van der Waals surface area (Å²) in [6, 6.07) is 10.1. The molecule has 0 aromatic heterocycles. The van der Waals surface area contributed by atoms with Gasteiger partial charge in [-0.05, 0) is 64.6 Å². The van der Waals surface area contributed by atoms with Gasteiger partial charge in [-0.15, -0.1) is 0 Å². The van der Waals surface area contributed by atoms with Crippen molar-refractivity contribution in [1.82, 2.24) is 5.43 Å². The molecule has 0 saturated heterocycles. The fourth-order valence-corrected chi connectivity index (χ4v) is 3.00. The van der Waals surface area contributed by atoms with Crippen molar-refractivity contribution in [3.8, 4) is 11.5 Å². The van der Waals surface area contributed by atoms with Crippen LogP contribution in [0.3, 0.4) is 0 Å². The lowest BCUT2D eigenvalue weighted by atomic mass is 10.2. The molecule has 0 aliphatic heterocycles. The number of hydrogen-bond acceptors (Lipinski definition) is 5. The Balaban J connectivity index is 2.05. The Morgan fingerprint density at radius 3 is 2.38 bits per heavy atom. The molecule has 0 saturated carbocycles. The third-order valence-electron chi connectivity index (χ3n) is 3.30. The standard InChI is InChI=1S/C18H18IN3O4/c1-11(23)21-14-6-4-13(5-7-14)18(24)22-20-10-12-8-15(19)17(26-3)16(9-12)25-2/h4-10H,1-3H3,(H,21,23)(H,22,24). The van der Waals surface area contributed by atoms with Crippen molar-refractivity contribution in [3.63, 3.8) is 0 Å². The van der Waals surface area contributed by atoms with E-state index in [1.54, 1.807) is 44.6 Å². The first-order chi connectivity index (χ1) is 12.4. The topological polar surface area (TPSA) is 89.0 Å². The van der Waals surface area contributed by atoms with E-state index in [9.17, 15) is 9.59 Å². The second kappa shape index (κ2) is 9.18. The van der Waals surface area contributed by atoms with E-state index in [4.69, 9.17) is 9.47 Å². The van der Waals surface area contributed by atoms with Crippen molar-refractivity contribution in [2.45, 2.75) is 6.92 Å². The summed E-state index contributed by atoms with van der Waals surface area (Å²) in [5, 5.41) is 6.60. The largest absolute Gasteiger partial charge is 0.493 e. The van der Waals surface area contributed by atoms with Gasteiger partial charge in [0.05, 0.1) is 24.0 Å². The smallest absolute Gasteiger partial charge is 0.271 e. The van der Waals surface area contributed by atoms with Crippen LogP contribution in [0.4, 0.5) is 5.69 Å². The maximum atomic E-state index is 12.1. The number of carbonyl (C=O) groups is 2. The molecule has 8 heteroatoms. The van der Waals surface area contributed by atoms with E-state index < -0.39 is 0 Å². The van der Waals surface area contributed by atoms with E-state index in [0.29, 0.717) is 22.7 Å². The van der Waals surface area contributed by atoms with Gasteiger partial charge in [0.2, 0.25) is 5.91 Å². The predicted molar refractivity (Wildman–Crippen MR) is 108 cm³/mol. The molecule has 0 radical (unpaired) electrons. The number of carbonyl (C=O) groups excluding carboxylic acids is 2. The molecule has 0 aliphatic carbocycles. The molecule has 136 valence electrons. The Morgan fingerprint density at radius 1 is 1.12 bits per heavy atom. The molecule has 0 fully saturated rings. The van der Waals surface area contributed by atoms with Gasteiger partial charge >= 0.3 is 0 Å². The van der Waals surface area contributed by atoms with Crippen LogP contribution in [0.5, 0.6) is 11.5 Å². The highest BCUT2D eigenvalue weighted by molar-refractivity contribution is 14.1. The molecule has 0 unspecified atom stereocenters. The predicted octanol–water partition coefficient (Wildman–Crippen LogP) is 3.03. The van der Waals surface area contributed by atoms with Crippen molar-refractivity contribution >= 4 is 46.3 Å². The van der Waals surface area contributed by atoms with Gasteiger partial charge in [-0.25, -0.2) is 5.43 Å². The van der Waals surface area contributed by atoms with Gasteiger partial charge in [0, 0.05) is 18.2 Å². The first-order valence-electron chi connectivity index (χ1n) is 7.57. The van der Waals surface area contributed by atoms with Gasteiger partial charge in [0.1, 0.15) is 0 Å². The monoisotopic (exact) mass is 467 g/mol. The van der Waals surface area contributed by atoms with E-state index in [-0.39, 0.29) is 11.8 Å². The first-order valence-corrected chi connectivity index (χ1v) is 8.65. The Labute approximate surface area is 164 Å². The Kier molecular flexibility index (Phi) is 6.96. The molecular formula is C18H18IN3O4. The number of benzene rings is 2. The Hall–Kier alpha value is -2.62. The molecule has 2 aromatic rings. The van der Waals surface area contributed by atoms with Crippen LogP contribution in [0.2, 0.25) is 0 Å². The average Bonchev–Trinajstić information content (AvgIpc) is 2.61. The van der Waals surface area contributed by atoms with Crippen LogP contribution in [0.15, 0.2) is 41.5 Å². The van der Waals surface area contributed by atoms with Gasteiger partial charge in [0.25, 0.3) is 5.91 Å². The summed E-state index contributed by atoms with van der Waals surface area (Å²) < 4.78 is 11.4. The summed E-state index contributed by atoms with van der Waals surface area (Å²) in [6.45, 7) is 1.42. The molecule has 7 nitrogen and oxygen atoms in total. The lowest BCUT2D eigenvalue weighted by Gasteiger charge is -2.10. The highest BCUT2D eigenvalue weighted by atomic mass is 127. The molecule has 2 rings (SSSR count). The van der Waals surface area contributed by atoms with E-state index in [1.165, 1.54) is 13.1 Å². The minimum absolute atomic E-state index is 0.170. The highest BCUT2D eigenvalue weighted by Gasteiger charge is 2.10. The zero-order chi connectivity index (χ0) is 19.1. The number of hydrogen-bond donors (Lipinski definition) is 2. The number of ether oxygens (including phenoxy) is 2. The average molecular weight is 467 g/mol. The van der Waals surface area contributed by atoms with Crippen LogP contribution >= 0.6 is 22.6 Å². The molecule has 0 heterocycles. The lowest BCUT2D eigenvalue weighted by Crippen LogP contribution is -2.17. The molecule has 0 aliphatic rings. The molecule has 2 aromatic carbocycles. The number of anilines is 1. The minimum atomic E-state index is -0.356. The number of rotatable bonds is 6. The van der Waals surface area contributed by atoms with E-state index in [1.807, 2.05) is 6.07 Å². The van der Waals surface area contributed by atoms with Crippen LogP contribution in [0, 0.1) is 3.57 Å². The normalized spacial score (nSPS) is 10.5. The fourth-order valence-electron chi connectivity index (χ4n) is 2.15. The molecule has 0 atom stereocenters. The maximum Gasteiger partial charge on any atom is 0.271 e. The maximum absolute atomic E-state index is 12.1. The zero-order valence-electron chi connectivity index (χ0n) is 14.5. The summed E-state index contributed by atoms with van der Waals surface area (Å²) in [4.78, 5) is 23.1. The van der Waals surface area contributed by atoms with Crippen molar-refractivity contribution in [1.29, 1.82) is 0 Å². The molecule has 2 amide bonds. The fraction of sp³-hybridized carbons (Fsp3) is 0.167. The number of nitrogens with zero attached hydrogens (tertiary/aromatic N) is 1. The van der Waals surface area contributed by atoms with Crippen LogP contribution in [0.1, 0.15) is 22.8 Å². The van der Waals surface area contributed by atoms with Gasteiger partial charge < -0.3 is 14.8 Å². The Morgan fingerprint density at radius 2 is 1.81 bits per heavy atom. The minimum Gasteiger partial charge on any atom is -0.493 e. The molecule has 26 heavy (non-hydrogen) atoms. The number of hydrazone groups is 1. The quantitative estimate of drug-likeness (QED) is 0.389. The lowest BCUT2D eigenvalue weighted by molar-refractivity contribution is -0.114. The number of halogens is 1. The summed E-state index contributed by atoms with van der Waals surface area (Å²) >= 11 is 2.14. The zero-order valence-corrected chi connectivity index (χ0v) is 16.7. The second-order valence-electron chi connectivity index (χ2n) is 5.20. The molecule has 0 bridgehead atoms. The second-order valence-corrected chi connectivity index (χ2v) is 6.36. The van der Waals surface area contributed by atoms with Crippen molar-refractivity contribution in [3.05, 3.63) is 51.1 Å². The van der Waals surface area contributed by atoms with Gasteiger partial charge in [0.15, 0.2) is 11.5 Å². The molecule has 2 N–H and O–H groups in total. The summed E-state index contributed by atoms with van der Waals surface area (Å²) in [5.41, 5.74) is 4.27. The first kappa shape index (κ1) is 19.7. The molecular weight excluding hydrogens is 449 g/mol. The van der Waals surface area contributed by atoms with E-state index in [2.05, 4.69) is 38.4 Å². The van der Waals surface area contributed by atoms with Gasteiger partial charge in [-0.1, -0.05) is 0 Å². The Bertz CT molecular complexity index is 835. The third kappa shape index (κ3) is 5.19. The highest BCUT2D eigenvalue weighted by Crippen LogP contribution is 2.32. The SMILES string of the molecule is COc1cc(C=NNC(=O)c2ccc(NC(C)=O)cc2)cc(I)c1OC. The summed E-state index contributed by atoms with van der Waals surface area (Å²) in [6.07, 6.45) is 1.52.